The maximum atomic E-state index is 10.9. The van der Waals surface area contributed by atoms with Gasteiger partial charge in [0, 0.05) is 6.42 Å². The van der Waals surface area contributed by atoms with Crippen LogP contribution in [0.1, 0.15) is 104 Å². The number of isocyanates is 1. The van der Waals surface area contributed by atoms with Crippen molar-refractivity contribution in [3.05, 3.63) is 0 Å². The maximum Gasteiger partial charge on any atom is 0.256 e. The van der Waals surface area contributed by atoms with Gasteiger partial charge in [0.15, 0.2) is 0 Å². The summed E-state index contributed by atoms with van der Waals surface area (Å²) < 4.78 is 0. The standard InChI is InChI=1S/C19H35NO2/c1-18(2)15-13-11-9-7-5-3-4-6-8-10-12-14-16-19(22)20-17-21/h18H,3-16H2,1-2H3. The van der Waals surface area contributed by atoms with Gasteiger partial charge in [-0.1, -0.05) is 90.9 Å². The largest absolute Gasteiger partial charge is 0.272 e. The molecule has 0 aromatic heterocycles. The molecular weight excluding hydrogens is 274 g/mol. The minimum Gasteiger partial charge on any atom is -0.272 e. The van der Waals surface area contributed by atoms with Gasteiger partial charge in [0.25, 0.3) is 5.91 Å². The Balaban J connectivity index is 3.08. The Morgan fingerprint density at radius 2 is 1.18 bits per heavy atom. The summed E-state index contributed by atoms with van der Waals surface area (Å²) in [5.74, 6) is 0.527. The molecule has 0 aliphatic carbocycles. The third-order valence-corrected chi connectivity index (χ3v) is 4.09. The highest BCUT2D eigenvalue weighted by atomic mass is 16.2. The molecule has 0 unspecified atom stereocenters. The Kier molecular flexibility index (Phi) is 15.7. The number of nitrogens with zero attached hydrogens (tertiary/aromatic N) is 1. The first-order chi connectivity index (χ1) is 10.7. The molecule has 22 heavy (non-hydrogen) atoms. The monoisotopic (exact) mass is 309 g/mol. The van der Waals surface area contributed by atoms with Crippen molar-refractivity contribution in [2.45, 2.75) is 104 Å². The van der Waals surface area contributed by atoms with Crippen molar-refractivity contribution in [2.24, 2.45) is 10.9 Å². The lowest BCUT2D eigenvalue weighted by Gasteiger charge is -2.04. The zero-order valence-electron chi connectivity index (χ0n) is 14.7. The summed E-state index contributed by atoms with van der Waals surface area (Å²) >= 11 is 0. The van der Waals surface area contributed by atoms with E-state index >= 15 is 0 Å². The van der Waals surface area contributed by atoms with E-state index in [4.69, 9.17) is 0 Å². The van der Waals surface area contributed by atoms with Crippen LogP contribution in [0.25, 0.3) is 0 Å². The molecule has 3 nitrogen and oxygen atoms in total. The third-order valence-electron chi connectivity index (χ3n) is 4.09. The predicted octanol–water partition coefficient (Wildman–Crippen LogP) is 5.97. The molecule has 0 rings (SSSR count). The molecule has 0 atom stereocenters. The normalized spacial score (nSPS) is 10.7. The number of hydrogen-bond acceptors (Lipinski definition) is 2. The van der Waals surface area contributed by atoms with Crippen LogP contribution in [-0.2, 0) is 9.59 Å². The van der Waals surface area contributed by atoms with Crippen molar-refractivity contribution in [1.29, 1.82) is 0 Å². The van der Waals surface area contributed by atoms with Crippen LogP contribution in [-0.4, -0.2) is 12.0 Å². The molecule has 0 spiro atoms. The topological polar surface area (TPSA) is 46.5 Å². The molecule has 0 radical (unpaired) electrons. The second-order valence-corrected chi connectivity index (χ2v) is 6.77. The highest BCUT2D eigenvalue weighted by Crippen LogP contribution is 2.14. The lowest BCUT2D eigenvalue weighted by Crippen LogP contribution is -1.92. The van der Waals surface area contributed by atoms with Crippen molar-refractivity contribution >= 4 is 12.0 Å². The number of carbonyl (C=O) groups is 1. The third kappa shape index (κ3) is 17.1. The number of carbonyl (C=O) groups excluding carboxylic acids is 2. The van der Waals surface area contributed by atoms with E-state index in [1.54, 1.807) is 0 Å². The number of amides is 1. The Bertz CT molecular complexity index is 307. The molecule has 1 amide bonds. The second-order valence-electron chi connectivity index (χ2n) is 6.77. The Hall–Kier alpha value is -0.950. The molecule has 0 aliphatic heterocycles. The number of aliphatic imine (C=N–C) groups is 1. The molecule has 0 saturated heterocycles. The maximum absolute atomic E-state index is 10.9. The van der Waals surface area contributed by atoms with Crippen molar-refractivity contribution in [3.63, 3.8) is 0 Å². The van der Waals surface area contributed by atoms with Gasteiger partial charge in [0.1, 0.15) is 0 Å². The minimum absolute atomic E-state index is 0.330. The Morgan fingerprint density at radius 1 is 0.773 bits per heavy atom. The smallest absolute Gasteiger partial charge is 0.256 e. The van der Waals surface area contributed by atoms with Crippen LogP contribution in [0.3, 0.4) is 0 Å². The molecular formula is C19H35NO2. The lowest BCUT2D eigenvalue weighted by atomic mass is 10.0. The zero-order chi connectivity index (χ0) is 16.5. The summed E-state index contributed by atoms with van der Waals surface area (Å²) in [5, 5.41) is 0. The van der Waals surface area contributed by atoms with Crippen molar-refractivity contribution < 1.29 is 9.59 Å². The van der Waals surface area contributed by atoms with Crippen LogP contribution in [0.5, 0.6) is 0 Å². The van der Waals surface area contributed by atoms with Crippen LogP contribution >= 0.6 is 0 Å². The van der Waals surface area contributed by atoms with Crippen molar-refractivity contribution in [3.8, 4) is 0 Å². The average molecular weight is 309 g/mol. The van der Waals surface area contributed by atoms with E-state index in [1.165, 1.54) is 76.7 Å². The van der Waals surface area contributed by atoms with Crippen LogP contribution in [0.15, 0.2) is 4.99 Å². The minimum atomic E-state index is -0.330. The van der Waals surface area contributed by atoms with Gasteiger partial charge in [0.05, 0.1) is 0 Å². The first-order valence-electron chi connectivity index (χ1n) is 9.27. The molecule has 0 fully saturated rings. The highest BCUT2D eigenvalue weighted by molar-refractivity contribution is 5.81. The van der Waals surface area contributed by atoms with E-state index in [9.17, 15) is 9.59 Å². The van der Waals surface area contributed by atoms with Crippen molar-refractivity contribution in [2.75, 3.05) is 0 Å². The summed E-state index contributed by atoms with van der Waals surface area (Å²) in [7, 11) is 0. The fraction of sp³-hybridized carbons (Fsp3) is 0.895. The van der Waals surface area contributed by atoms with Gasteiger partial charge in [-0.2, -0.15) is 0 Å². The van der Waals surface area contributed by atoms with E-state index in [-0.39, 0.29) is 5.91 Å². The number of rotatable bonds is 15. The summed E-state index contributed by atoms with van der Waals surface area (Å²) in [4.78, 5) is 23.9. The van der Waals surface area contributed by atoms with Crippen LogP contribution < -0.4 is 0 Å². The highest BCUT2D eigenvalue weighted by Gasteiger charge is 1.99. The van der Waals surface area contributed by atoms with E-state index in [0.717, 1.165) is 18.8 Å². The van der Waals surface area contributed by atoms with Gasteiger partial charge in [0.2, 0.25) is 6.08 Å². The van der Waals surface area contributed by atoms with Crippen LogP contribution in [0.2, 0.25) is 0 Å². The second kappa shape index (κ2) is 16.4. The van der Waals surface area contributed by atoms with E-state index in [2.05, 4.69) is 18.8 Å². The fourth-order valence-electron chi connectivity index (χ4n) is 2.70. The molecule has 0 heterocycles. The summed E-state index contributed by atoms with van der Waals surface area (Å²) in [5.41, 5.74) is 0. The Labute approximate surface area is 137 Å². The Morgan fingerprint density at radius 3 is 1.59 bits per heavy atom. The van der Waals surface area contributed by atoms with E-state index in [1.807, 2.05) is 0 Å². The van der Waals surface area contributed by atoms with Crippen molar-refractivity contribution in [1.82, 2.24) is 0 Å². The van der Waals surface area contributed by atoms with Gasteiger partial charge in [-0.05, 0) is 12.3 Å². The average Bonchev–Trinajstić information content (AvgIpc) is 2.47. The molecule has 3 heteroatoms. The molecule has 128 valence electrons. The van der Waals surface area contributed by atoms with Gasteiger partial charge in [-0.25, -0.2) is 4.79 Å². The molecule has 0 aromatic carbocycles. The van der Waals surface area contributed by atoms with Gasteiger partial charge in [-0.3, -0.25) is 4.79 Å². The van der Waals surface area contributed by atoms with Gasteiger partial charge >= 0.3 is 0 Å². The molecule has 0 N–H and O–H groups in total. The van der Waals surface area contributed by atoms with E-state index in [0.29, 0.717) is 6.42 Å². The quantitative estimate of drug-likeness (QED) is 0.213. The van der Waals surface area contributed by atoms with E-state index < -0.39 is 0 Å². The zero-order valence-corrected chi connectivity index (χ0v) is 14.7. The van der Waals surface area contributed by atoms with Gasteiger partial charge < -0.3 is 0 Å². The number of hydrogen-bond donors (Lipinski definition) is 0. The molecule has 0 aliphatic rings. The summed E-state index contributed by atoms with van der Waals surface area (Å²) in [6.45, 7) is 4.61. The SMILES string of the molecule is CC(C)CCCCCCCCCCCCCCC(=O)N=C=O. The first-order valence-corrected chi connectivity index (χ1v) is 9.27. The van der Waals surface area contributed by atoms with Crippen LogP contribution in [0, 0.1) is 5.92 Å². The molecule has 0 saturated carbocycles. The number of unbranched alkanes of at least 4 members (excludes halogenated alkanes) is 11. The fourth-order valence-corrected chi connectivity index (χ4v) is 2.70. The predicted molar refractivity (Wildman–Crippen MR) is 92.6 cm³/mol. The summed E-state index contributed by atoms with van der Waals surface area (Å²) in [6, 6.07) is 0. The first kappa shape index (κ1) is 21.0. The van der Waals surface area contributed by atoms with Crippen LogP contribution in [0.4, 0.5) is 0 Å². The molecule has 0 aromatic rings. The lowest BCUT2D eigenvalue weighted by molar-refractivity contribution is -0.117. The van der Waals surface area contributed by atoms with Gasteiger partial charge in [-0.15, -0.1) is 4.99 Å². The summed E-state index contributed by atoms with van der Waals surface area (Å²) in [6.07, 6.45) is 18.5. The molecule has 0 bridgehead atoms.